The minimum absolute atomic E-state index is 0.0325. The molecule has 1 saturated carbocycles. The fourth-order valence-corrected chi connectivity index (χ4v) is 7.95. The van der Waals surface area contributed by atoms with Gasteiger partial charge in [-0.05, 0) is 38.0 Å². The quantitative estimate of drug-likeness (QED) is 0.437. The van der Waals surface area contributed by atoms with Crippen molar-refractivity contribution in [1.82, 2.24) is 26.2 Å². The van der Waals surface area contributed by atoms with E-state index in [1.807, 2.05) is 12.0 Å². The van der Waals surface area contributed by atoms with Gasteiger partial charge in [-0.3, -0.25) is 20.2 Å². The third kappa shape index (κ3) is 5.06. The molecule has 10 heteroatoms. The van der Waals surface area contributed by atoms with E-state index in [2.05, 4.69) is 28.2 Å². The normalized spacial score (nSPS) is 43.5. The lowest BCUT2D eigenvalue weighted by Crippen LogP contribution is -2.55. The molecular formula is C23H39N5O4S. The molecule has 5 fully saturated rings. The van der Waals surface area contributed by atoms with Crippen LogP contribution in [0.1, 0.15) is 39.0 Å². The van der Waals surface area contributed by atoms with E-state index in [9.17, 15) is 9.59 Å². The Bertz CT molecular complexity index is 709. The summed E-state index contributed by atoms with van der Waals surface area (Å²) < 4.78 is 11.3. The maximum Gasteiger partial charge on any atom is 0.253 e. The zero-order valence-corrected chi connectivity index (χ0v) is 20.6. The largest absolute Gasteiger partial charge is 0.381 e. The number of rotatable bonds is 5. The Labute approximate surface area is 200 Å². The van der Waals surface area contributed by atoms with E-state index >= 15 is 0 Å². The van der Waals surface area contributed by atoms with Gasteiger partial charge in [-0.2, -0.15) is 0 Å². The van der Waals surface area contributed by atoms with Crippen LogP contribution in [-0.2, 0) is 19.1 Å². The van der Waals surface area contributed by atoms with Gasteiger partial charge in [-0.1, -0.05) is 12.8 Å². The second-order valence-corrected chi connectivity index (χ2v) is 11.7. The summed E-state index contributed by atoms with van der Waals surface area (Å²) in [6.45, 7) is 5.36. The number of carbonyl (C=O) groups is 2. The molecule has 0 spiro atoms. The zero-order valence-electron chi connectivity index (χ0n) is 19.8. The third-order valence-corrected chi connectivity index (χ3v) is 9.64. The zero-order chi connectivity index (χ0) is 22.9. The van der Waals surface area contributed by atoms with Crippen LogP contribution in [0.2, 0.25) is 0 Å². The van der Waals surface area contributed by atoms with Crippen LogP contribution in [0.15, 0.2) is 0 Å². The van der Waals surface area contributed by atoms with Crippen molar-refractivity contribution in [3.05, 3.63) is 0 Å². The van der Waals surface area contributed by atoms with Gasteiger partial charge in [0.2, 0.25) is 5.91 Å². The average molecular weight is 482 g/mol. The lowest BCUT2D eigenvalue weighted by Gasteiger charge is -2.44. The van der Waals surface area contributed by atoms with E-state index in [1.54, 1.807) is 11.8 Å². The van der Waals surface area contributed by atoms with Crippen LogP contribution in [0.4, 0.5) is 0 Å². The number of amides is 2. The topological polar surface area (TPSA) is 104 Å². The van der Waals surface area contributed by atoms with Crippen molar-refractivity contribution in [2.24, 2.45) is 17.8 Å². The molecule has 5 rings (SSSR count). The number of fused-ring (bicyclic) bond motifs is 1. The smallest absolute Gasteiger partial charge is 0.253 e. The highest BCUT2D eigenvalue weighted by molar-refractivity contribution is 8.00. The molecule has 0 radical (unpaired) electrons. The number of carbonyl (C=O) groups excluding carboxylic acids is 2. The second-order valence-electron chi connectivity index (χ2n) is 10.4. The van der Waals surface area contributed by atoms with Crippen LogP contribution >= 0.6 is 11.8 Å². The molecule has 0 aromatic rings. The summed E-state index contributed by atoms with van der Waals surface area (Å²) in [5, 5.41) is 13.7. The van der Waals surface area contributed by atoms with Gasteiger partial charge >= 0.3 is 0 Å². The predicted molar refractivity (Wildman–Crippen MR) is 126 cm³/mol. The van der Waals surface area contributed by atoms with E-state index in [-0.39, 0.29) is 41.5 Å². The highest BCUT2D eigenvalue weighted by atomic mass is 32.2. The SMILES string of the molecule is COC1CCCCC1C1CC(C)NCC1C(=O)NC1NC2CN(C(=O)C3CNCO3)CC2S1. The molecule has 9 unspecified atom stereocenters. The summed E-state index contributed by atoms with van der Waals surface area (Å²) in [7, 11) is 1.82. The molecule has 0 bridgehead atoms. The van der Waals surface area contributed by atoms with Crippen LogP contribution in [0.5, 0.6) is 0 Å². The lowest BCUT2D eigenvalue weighted by atomic mass is 9.68. The van der Waals surface area contributed by atoms with Crippen LogP contribution < -0.4 is 21.3 Å². The van der Waals surface area contributed by atoms with Gasteiger partial charge in [-0.15, -0.1) is 11.8 Å². The highest BCUT2D eigenvalue weighted by Gasteiger charge is 2.47. The monoisotopic (exact) mass is 481 g/mol. The van der Waals surface area contributed by atoms with E-state index < -0.39 is 0 Å². The Morgan fingerprint density at radius 2 is 2.00 bits per heavy atom. The Kier molecular flexibility index (Phi) is 7.49. The van der Waals surface area contributed by atoms with Crippen molar-refractivity contribution in [3.8, 4) is 0 Å². The van der Waals surface area contributed by atoms with Crippen molar-refractivity contribution in [1.29, 1.82) is 0 Å². The molecule has 1 aliphatic carbocycles. The summed E-state index contributed by atoms with van der Waals surface area (Å²) in [6.07, 6.45) is 5.65. The van der Waals surface area contributed by atoms with E-state index in [1.165, 1.54) is 12.8 Å². The molecule has 0 aromatic heterocycles. The molecule has 9 atom stereocenters. The highest BCUT2D eigenvalue weighted by Crippen LogP contribution is 2.40. The molecule has 4 saturated heterocycles. The van der Waals surface area contributed by atoms with Crippen LogP contribution in [0, 0.1) is 17.8 Å². The molecule has 0 aromatic carbocycles. The van der Waals surface area contributed by atoms with Crippen molar-refractivity contribution in [2.75, 3.05) is 40.0 Å². The average Bonchev–Trinajstić information content (AvgIpc) is 3.55. The van der Waals surface area contributed by atoms with E-state index in [4.69, 9.17) is 9.47 Å². The van der Waals surface area contributed by atoms with Gasteiger partial charge in [0.15, 0.2) is 6.10 Å². The van der Waals surface area contributed by atoms with Crippen molar-refractivity contribution in [3.63, 3.8) is 0 Å². The summed E-state index contributed by atoms with van der Waals surface area (Å²) in [6, 6.07) is 0.634. The van der Waals surface area contributed by atoms with Gasteiger partial charge in [0.05, 0.1) is 18.8 Å². The van der Waals surface area contributed by atoms with Crippen LogP contribution in [0.3, 0.4) is 0 Å². The first-order valence-electron chi connectivity index (χ1n) is 12.6. The molecule has 2 amide bonds. The molecule has 4 N–H and O–H groups in total. The van der Waals surface area contributed by atoms with Gasteiger partial charge in [0.25, 0.3) is 5.91 Å². The Balaban J connectivity index is 1.16. The van der Waals surface area contributed by atoms with Gasteiger partial charge in [0.1, 0.15) is 5.50 Å². The molecule has 33 heavy (non-hydrogen) atoms. The number of methoxy groups -OCH3 is 1. The molecular weight excluding hydrogens is 442 g/mol. The maximum absolute atomic E-state index is 13.4. The van der Waals surface area contributed by atoms with Crippen molar-refractivity contribution < 1.29 is 19.1 Å². The molecule has 4 heterocycles. The lowest BCUT2D eigenvalue weighted by molar-refractivity contribution is -0.139. The van der Waals surface area contributed by atoms with Crippen molar-refractivity contribution in [2.45, 2.75) is 74.1 Å². The van der Waals surface area contributed by atoms with Gasteiger partial charge in [0, 0.05) is 50.6 Å². The predicted octanol–water partition coefficient (Wildman–Crippen LogP) is 0.0673. The minimum Gasteiger partial charge on any atom is -0.381 e. The van der Waals surface area contributed by atoms with Crippen LogP contribution in [0.25, 0.3) is 0 Å². The number of nitrogens with zero attached hydrogens (tertiary/aromatic N) is 1. The minimum atomic E-state index is -0.363. The number of nitrogens with one attached hydrogen (secondary N) is 4. The van der Waals surface area contributed by atoms with Crippen LogP contribution in [-0.4, -0.2) is 91.8 Å². The number of hydrogen-bond acceptors (Lipinski definition) is 8. The standard InChI is InChI=1S/C23H39N5O4S/c1-13-7-15(14-5-3-4-6-18(14)31-2)16(8-25-13)21(29)27-23-26-17-10-28(11-20(17)33-23)22(30)19-9-24-12-32-19/h13-20,23-26H,3-12H2,1-2H3,(H,27,29). The Morgan fingerprint density at radius 1 is 1.15 bits per heavy atom. The summed E-state index contributed by atoms with van der Waals surface area (Å²) in [5.74, 6) is 0.992. The summed E-state index contributed by atoms with van der Waals surface area (Å²) in [4.78, 5) is 28.0. The number of likely N-dealkylation sites (tertiary alicyclic amines) is 1. The summed E-state index contributed by atoms with van der Waals surface area (Å²) >= 11 is 1.74. The fourth-order valence-electron chi connectivity index (χ4n) is 6.55. The number of ether oxygens (including phenoxy) is 2. The third-order valence-electron chi connectivity index (χ3n) is 8.29. The molecule has 4 aliphatic heterocycles. The first kappa shape index (κ1) is 23.8. The number of thioether (sulfide) groups is 1. The first-order valence-corrected chi connectivity index (χ1v) is 13.6. The molecule has 9 nitrogen and oxygen atoms in total. The van der Waals surface area contributed by atoms with Crippen molar-refractivity contribution >= 4 is 23.6 Å². The summed E-state index contributed by atoms with van der Waals surface area (Å²) in [5.41, 5.74) is -0.0984. The first-order chi connectivity index (χ1) is 16.0. The Hall–Kier alpha value is -0.910. The second kappa shape index (κ2) is 10.4. The van der Waals surface area contributed by atoms with Gasteiger partial charge < -0.3 is 25.0 Å². The maximum atomic E-state index is 13.4. The molecule has 186 valence electrons. The number of piperidine rings is 1. The number of hydrogen-bond donors (Lipinski definition) is 4. The van der Waals surface area contributed by atoms with E-state index in [0.717, 1.165) is 25.8 Å². The fraction of sp³-hybridized carbons (Fsp3) is 0.913. The Morgan fingerprint density at radius 3 is 2.76 bits per heavy atom. The molecule has 5 aliphatic rings. The van der Waals surface area contributed by atoms with Gasteiger partial charge in [-0.25, -0.2) is 0 Å². The van der Waals surface area contributed by atoms with E-state index in [0.29, 0.717) is 49.5 Å².